The molecule has 0 aliphatic carbocycles. The van der Waals surface area contributed by atoms with Crippen molar-refractivity contribution in [3.05, 3.63) is 22.7 Å². The molecule has 6 heteroatoms. The highest BCUT2D eigenvalue weighted by molar-refractivity contribution is 6.31. The molecule has 2 unspecified atom stereocenters. The van der Waals surface area contributed by atoms with E-state index in [9.17, 15) is 4.79 Å². The first-order valence-corrected chi connectivity index (χ1v) is 6.91. The number of benzene rings is 1. The average molecular weight is 300 g/mol. The number of nitrogens with two attached hydrogens (primary N) is 1. The molecular weight excluding hydrogens is 282 g/mol. The highest BCUT2D eigenvalue weighted by atomic mass is 35.5. The van der Waals surface area contributed by atoms with E-state index in [1.165, 1.54) is 0 Å². The van der Waals surface area contributed by atoms with Crippen molar-refractivity contribution < 1.29 is 19.4 Å². The van der Waals surface area contributed by atoms with Crippen LogP contribution in [0, 0.1) is 5.92 Å². The number of aliphatic carboxylic acids is 1. The quantitative estimate of drug-likeness (QED) is 0.873. The molecule has 1 aromatic carbocycles. The molecule has 110 valence electrons. The number of carbonyl (C=O) groups is 1. The first-order valence-electron chi connectivity index (χ1n) is 6.53. The number of hydrogen-bond acceptors (Lipinski definition) is 4. The van der Waals surface area contributed by atoms with Gasteiger partial charge in [-0.05, 0) is 24.0 Å². The summed E-state index contributed by atoms with van der Waals surface area (Å²) in [6.45, 7) is 2.86. The Morgan fingerprint density at radius 2 is 2.00 bits per heavy atom. The monoisotopic (exact) mass is 299 g/mol. The van der Waals surface area contributed by atoms with Crippen LogP contribution in [-0.4, -0.2) is 24.3 Å². The minimum absolute atomic E-state index is 0.0215. The Kier molecular flexibility index (Phi) is 4.73. The molecule has 0 aromatic heterocycles. The molecule has 1 aliphatic rings. The molecule has 0 saturated carbocycles. The zero-order valence-corrected chi connectivity index (χ0v) is 12.0. The highest BCUT2D eigenvalue weighted by Crippen LogP contribution is 2.38. The van der Waals surface area contributed by atoms with Crippen molar-refractivity contribution in [3.8, 4) is 11.5 Å². The summed E-state index contributed by atoms with van der Waals surface area (Å²) in [5, 5.41) is 9.29. The predicted octanol–water partition coefficient (Wildman–Crippen LogP) is 2.61. The van der Waals surface area contributed by atoms with E-state index in [1.807, 2.05) is 6.92 Å². The maximum Gasteiger partial charge on any atom is 0.303 e. The third-order valence-corrected chi connectivity index (χ3v) is 3.57. The van der Waals surface area contributed by atoms with Crippen LogP contribution in [0.1, 0.15) is 31.4 Å². The van der Waals surface area contributed by atoms with Crippen molar-refractivity contribution in [1.29, 1.82) is 0 Å². The molecule has 0 bridgehead atoms. The van der Waals surface area contributed by atoms with Crippen LogP contribution >= 0.6 is 11.6 Å². The Hall–Kier alpha value is -1.46. The van der Waals surface area contributed by atoms with Crippen LogP contribution in [0.25, 0.3) is 0 Å². The van der Waals surface area contributed by atoms with E-state index in [2.05, 4.69) is 0 Å². The van der Waals surface area contributed by atoms with Gasteiger partial charge >= 0.3 is 5.97 Å². The smallest absolute Gasteiger partial charge is 0.303 e. The molecule has 0 saturated heterocycles. The molecule has 20 heavy (non-hydrogen) atoms. The molecule has 0 fully saturated rings. The second kappa shape index (κ2) is 6.33. The lowest BCUT2D eigenvalue weighted by atomic mass is 9.94. The maximum absolute atomic E-state index is 10.7. The molecule has 1 aliphatic heterocycles. The fourth-order valence-electron chi connectivity index (χ4n) is 2.31. The van der Waals surface area contributed by atoms with Crippen molar-refractivity contribution in [1.82, 2.24) is 0 Å². The second-order valence-corrected chi connectivity index (χ2v) is 5.47. The van der Waals surface area contributed by atoms with Gasteiger partial charge in [0.1, 0.15) is 13.2 Å². The molecule has 0 radical (unpaired) electrons. The number of carboxylic acid groups (broad SMARTS) is 1. The summed E-state index contributed by atoms with van der Waals surface area (Å²) in [5.74, 6) is 0.414. The fourth-order valence-corrected chi connectivity index (χ4v) is 2.60. The Morgan fingerprint density at radius 3 is 2.60 bits per heavy atom. The molecule has 5 nitrogen and oxygen atoms in total. The van der Waals surface area contributed by atoms with E-state index in [0.717, 1.165) is 5.56 Å². The summed E-state index contributed by atoms with van der Waals surface area (Å²) in [6, 6.07) is 3.16. The zero-order chi connectivity index (χ0) is 14.7. The highest BCUT2D eigenvalue weighted by Gasteiger charge is 2.20. The number of rotatable bonds is 5. The SMILES string of the molecule is CC(CC(=O)O)CC(N)c1cc2c(cc1Cl)OCCO2. The first kappa shape index (κ1) is 14.9. The van der Waals surface area contributed by atoms with Crippen molar-refractivity contribution in [2.45, 2.75) is 25.8 Å². The van der Waals surface area contributed by atoms with Crippen LogP contribution < -0.4 is 15.2 Å². The lowest BCUT2D eigenvalue weighted by Crippen LogP contribution is -2.19. The Bertz CT molecular complexity index is 506. The average Bonchev–Trinajstić information content (AvgIpc) is 2.36. The standard InChI is InChI=1S/C14H18ClNO4/c1-8(5-14(17)18)4-11(16)9-6-12-13(7-10(9)15)20-3-2-19-12/h6-8,11H,2-5,16H2,1H3,(H,17,18). The number of hydrogen-bond donors (Lipinski definition) is 2. The summed E-state index contributed by atoms with van der Waals surface area (Å²) >= 11 is 6.21. The molecule has 2 atom stereocenters. The third kappa shape index (κ3) is 3.55. The van der Waals surface area contributed by atoms with Gasteiger partial charge in [-0.2, -0.15) is 0 Å². The third-order valence-electron chi connectivity index (χ3n) is 3.24. The lowest BCUT2D eigenvalue weighted by Gasteiger charge is -2.22. The molecule has 3 N–H and O–H groups in total. The van der Waals surface area contributed by atoms with Gasteiger partial charge in [-0.3, -0.25) is 4.79 Å². The van der Waals surface area contributed by atoms with Crippen LogP contribution in [0.15, 0.2) is 12.1 Å². The van der Waals surface area contributed by atoms with Crippen LogP contribution in [0.4, 0.5) is 0 Å². The molecule has 0 amide bonds. The van der Waals surface area contributed by atoms with Crippen LogP contribution in [-0.2, 0) is 4.79 Å². The second-order valence-electron chi connectivity index (χ2n) is 5.06. The topological polar surface area (TPSA) is 81.8 Å². The summed E-state index contributed by atoms with van der Waals surface area (Å²) in [6.07, 6.45) is 0.640. The van der Waals surface area contributed by atoms with Crippen LogP contribution in [0.3, 0.4) is 0 Å². The summed E-state index contributed by atoms with van der Waals surface area (Å²) in [7, 11) is 0. The van der Waals surface area contributed by atoms with E-state index < -0.39 is 5.97 Å². The van der Waals surface area contributed by atoms with E-state index >= 15 is 0 Å². The van der Waals surface area contributed by atoms with Gasteiger partial charge in [-0.1, -0.05) is 18.5 Å². The number of ether oxygens (including phenoxy) is 2. The van der Waals surface area contributed by atoms with Gasteiger partial charge in [-0.25, -0.2) is 0 Å². The summed E-state index contributed by atoms with van der Waals surface area (Å²) in [5.41, 5.74) is 6.89. The largest absolute Gasteiger partial charge is 0.486 e. The molecule has 1 aromatic rings. The Balaban J connectivity index is 2.13. The van der Waals surface area contributed by atoms with Crippen molar-refractivity contribution in [2.24, 2.45) is 11.7 Å². The zero-order valence-electron chi connectivity index (χ0n) is 11.3. The number of halogens is 1. The van der Waals surface area contributed by atoms with E-state index in [0.29, 0.717) is 36.2 Å². The van der Waals surface area contributed by atoms with Crippen molar-refractivity contribution in [3.63, 3.8) is 0 Å². The van der Waals surface area contributed by atoms with E-state index in [1.54, 1.807) is 12.1 Å². The lowest BCUT2D eigenvalue weighted by molar-refractivity contribution is -0.138. The molecule has 1 heterocycles. The van der Waals surface area contributed by atoms with Gasteiger partial charge in [0.15, 0.2) is 11.5 Å². The normalized spacial score (nSPS) is 16.6. The number of carboxylic acids is 1. The van der Waals surface area contributed by atoms with Crippen LogP contribution in [0.2, 0.25) is 5.02 Å². The van der Waals surface area contributed by atoms with Gasteiger partial charge in [0, 0.05) is 23.6 Å². The van der Waals surface area contributed by atoms with Crippen molar-refractivity contribution >= 4 is 17.6 Å². The molecule has 0 spiro atoms. The van der Waals surface area contributed by atoms with Crippen LogP contribution in [0.5, 0.6) is 11.5 Å². The Morgan fingerprint density at radius 1 is 1.40 bits per heavy atom. The van der Waals surface area contributed by atoms with Gasteiger partial charge < -0.3 is 20.3 Å². The summed E-state index contributed by atoms with van der Waals surface area (Å²) in [4.78, 5) is 10.7. The first-order chi connectivity index (χ1) is 9.47. The number of fused-ring (bicyclic) bond motifs is 1. The fraction of sp³-hybridized carbons (Fsp3) is 0.500. The maximum atomic E-state index is 10.7. The van der Waals surface area contributed by atoms with E-state index in [4.69, 9.17) is 31.9 Å². The minimum Gasteiger partial charge on any atom is -0.486 e. The minimum atomic E-state index is -0.821. The van der Waals surface area contributed by atoms with Gasteiger partial charge in [0.05, 0.1) is 0 Å². The van der Waals surface area contributed by atoms with Crippen molar-refractivity contribution in [2.75, 3.05) is 13.2 Å². The molecule has 2 rings (SSSR count). The predicted molar refractivity (Wildman–Crippen MR) is 75.4 cm³/mol. The van der Waals surface area contributed by atoms with E-state index in [-0.39, 0.29) is 18.4 Å². The Labute approximate surface area is 122 Å². The van der Waals surface area contributed by atoms with Gasteiger partial charge in [0.2, 0.25) is 0 Å². The summed E-state index contributed by atoms with van der Waals surface area (Å²) < 4.78 is 11.0. The van der Waals surface area contributed by atoms with Gasteiger partial charge in [0.25, 0.3) is 0 Å². The van der Waals surface area contributed by atoms with Gasteiger partial charge in [-0.15, -0.1) is 0 Å². The molecular formula is C14H18ClNO4.